The topological polar surface area (TPSA) is 102 Å². The monoisotopic (exact) mass is 507 g/mol. The Morgan fingerprint density at radius 3 is 2.46 bits per heavy atom. The first-order valence-electron chi connectivity index (χ1n) is 13.2. The van der Waals surface area contributed by atoms with E-state index in [0.717, 1.165) is 51.5 Å². The molecule has 1 heterocycles. The third-order valence-corrected chi connectivity index (χ3v) is 9.70. The van der Waals surface area contributed by atoms with E-state index in [1.54, 1.807) is 13.8 Å². The van der Waals surface area contributed by atoms with Gasteiger partial charge in [-0.2, -0.15) is 0 Å². The van der Waals surface area contributed by atoms with Crippen molar-refractivity contribution in [3.8, 4) is 0 Å². The van der Waals surface area contributed by atoms with Crippen LogP contribution in [0.2, 0.25) is 0 Å². The molecule has 0 amide bonds. The summed E-state index contributed by atoms with van der Waals surface area (Å²) in [6.07, 6.45) is 7.31. The van der Waals surface area contributed by atoms with Gasteiger partial charge < -0.3 is 15.2 Å². The first kappa shape index (κ1) is 28.0. The zero-order chi connectivity index (χ0) is 25.3. The lowest BCUT2D eigenvalue weighted by atomic mass is 9.74. The van der Waals surface area contributed by atoms with Crippen LogP contribution in [0.5, 0.6) is 0 Å². The Bertz CT molecular complexity index is 862. The quantitative estimate of drug-likeness (QED) is 0.134. The van der Waals surface area contributed by atoms with Crippen LogP contribution < -0.4 is 5.32 Å². The molecule has 0 bridgehead atoms. The summed E-state index contributed by atoms with van der Waals surface area (Å²) in [5.74, 6) is -1.50. The van der Waals surface area contributed by atoms with Crippen LogP contribution in [0.3, 0.4) is 0 Å². The van der Waals surface area contributed by atoms with Crippen LogP contribution in [0.15, 0.2) is 30.3 Å². The van der Waals surface area contributed by atoms with Gasteiger partial charge in [0.1, 0.15) is 11.7 Å². The molecule has 0 radical (unpaired) electrons. The molecule has 1 saturated heterocycles. The highest BCUT2D eigenvalue weighted by Crippen LogP contribution is 2.49. The lowest BCUT2D eigenvalue weighted by Gasteiger charge is -2.37. The molecule has 1 aromatic rings. The van der Waals surface area contributed by atoms with Gasteiger partial charge in [-0.25, -0.2) is 4.79 Å². The van der Waals surface area contributed by atoms with Crippen molar-refractivity contribution in [3.05, 3.63) is 35.9 Å². The Hall–Kier alpha value is -1.53. The van der Waals surface area contributed by atoms with Gasteiger partial charge in [-0.05, 0) is 63.0 Å². The van der Waals surface area contributed by atoms with E-state index in [9.17, 15) is 19.3 Å². The SMILES string of the molecule is CC(C)[C@@H](O)O[P@](=O)(CCCCc1ccccc1)CC(=O)OC(=O)[C@@]1(C2CCCCC2)CCCN1. The Balaban J connectivity index is 1.61. The highest BCUT2D eigenvalue weighted by Gasteiger charge is 2.49. The van der Waals surface area contributed by atoms with Crippen LogP contribution in [-0.2, 0) is 29.8 Å². The highest BCUT2D eigenvalue weighted by atomic mass is 31.2. The molecule has 0 spiro atoms. The summed E-state index contributed by atoms with van der Waals surface area (Å²) >= 11 is 0. The van der Waals surface area contributed by atoms with E-state index in [2.05, 4.69) is 5.32 Å². The smallest absolute Gasteiger partial charge is 0.334 e. The van der Waals surface area contributed by atoms with Crippen molar-refractivity contribution < 1.29 is 28.5 Å². The maximum Gasteiger partial charge on any atom is 0.334 e. The molecule has 0 unspecified atom stereocenters. The van der Waals surface area contributed by atoms with Crippen molar-refractivity contribution in [2.45, 2.75) is 89.9 Å². The maximum absolute atomic E-state index is 13.6. The molecule has 1 aliphatic carbocycles. The first-order valence-corrected chi connectivity index (χ1v) is 15.2. The van der Waals surface area contributed by atoms with E-state index >= 15 is 0 Å². The van der Waals surface area contributed by atoms with Gasteiger partial charge in [-0.3, -0.25) is 13.9 Å². The number of hydrogen-bond donors (Lipinski definition) is 2. The minimum Gasteiger partial charge on any atom is -0.391 e. The number of hydrogen-bond acceptors (Lipinski definition) is 7. The molecule has 2 fully saturated rings. The summed E-state index contributed by atoms with van der Waals surface area (Å²) in [4.78, 5) is 26.1. The van der Waals surface area contributed by atoms with Crippen molar-refractivity contribution in [1.82, 2.24) is 5.32 Å². The van der Waals surface area contributed by atoms with Crippen LogP contribution in [0.4, 0.5) is 0 Å². The second kappa shape index (κ2) is 13.1. The fourth-order valence-corrected chi connectivity index (χ4v) is 7.43. The number of carbonyl (C=O) groups excluding carboxylic acids is 2. The summed E-state index contributed by atoms with van der Waals surface area (Å²) in [5, 5.41) is 13.6. The molecule has 2 aliphatic rings. The molecule has 1 saturated carbocycles. The third kappa shape index (κ3) is 7.98. The normalized spacial score (nSPS) is 23.7. The molecular weight excluding hydrogens is 465 g/mol. The number of carbonyl (C=O) groups is 2. The summed E-state index contributed by atoms with van der Waals surface area (Å²) in [5.41, 5.74) is 0.362. The standard InChI is InChI=1S/C27H42NO6P/c1-21(2)25(30)34-35(32,19-10-9-14-22-12-5-3-6-13-22)20-24(29)33-26(31)27(17-11-18-28-27)23-15-7-4-8-16-23/h3,5-6,12-13,21,23,25,28,30H,4,7-11,14-20H2,1-2H3/t25-,27-,35+/m0/s1. The molecule has 1 aliphatic heterocycles. The average Bonchev–Trinajstić information content (AvgIpc) is 3.34. The molecule has 3 rings (SSSR count). The largest absolute Gasteiger partial charge is 0.391 e. The number of ether oxygens (including phenoxy) is 1. The number of aliphatic hydroxyl groups excluding tert-OH is 1. The molecule has 0 aromatic heterocycles. The minimum atomic E-state index is -3.55. The predicted octanol–water partition coefficient (Wildman–Crippen LogP) is 5.05. The number of unbranched alkanes of at least 4 members (excludes halogenated alkanes) is 1. The minimum absolute atomic E-state index is 0.152. The number of benzene rings is 1. The van der Waals surface area contributed by atoms with Crippen molar-refractivity contribution in [3.63, 3.8) is 0 Å². The molecule has 8 heteroatoms. The molecule has 1 aromatic carbocycles. The highest BCUT2D eigenvalue weighted by molar-refractivity contribution is 7.59. The van der Waals surface area contributed by atoms with Gasteiger partial charge in [-0.15, -0.1) is 0 Å². The van der Waals surface area contributed by atoms with E-state index in [0.29, 0.717) is 12.8 Å². The second-order valence-electron chi connectivity index (χ2n) is 10.5. The Morgan fingerprint density at radius 1 is 1.11 bits per heavy atom. The van der Waals surface area contributed by atoms with E-state index in [-0.39, 0.29) is 18.0 Å². The molecule has 7 nitrogen and oxygen atoms in total. The van der Waals surface area contributed by atoms with Crippen LogP contribution in [0.25, 0.3) is 0 Å². The van der Waals surface area contributed by atoms with Gasteiger partial charge in [0.15, 0.2) is 6.29 Å². The number of aryl methyl sites for hydroxylation is 1. The van der Waals surface area contributed by atoms with Crippen molar-refractivity contribution >= 4 is 19.3 Å². The van der Waals surface area contributed by atoms with Crippen molar-refractivity contribution in [2.75, 3.05) is 18.9 Å². The van der Waals surface area contributed by atoms with Gasteiger partial charge >= 0.3 is 11.9 Å². The van der Waals surface area contributed by atoms with Crippen molar-refractivity contribution in [1.29, 1.82) is 0 Å². The fraction of sp³-hybridized carbons (Fsp3) is 0.704. The van der Waals surface area contributed by atoms with E-state index in [1.165, 1.54) is 12.0 Å². The number of nitrogens with one attached hydrogen (secondary N) is 1. The molecule has 2 N–H and O–H groups in total. The van der Waals surface area contributed by atoms with Crippen LogP contribution in [0.1, 0.15) is 77.2 Å². The van der Waals surface area contributed by atoms with Gasteiger partial charge in [0.05, 0.1) is 0 Å². The zero-order valence-electron chi connectivity index (χ0n) is 21.2. The van der Waals surface area contributed by atoms with Gasteiger partial charge in [0.2, 0.25) is 7.37 Å². The fourth-order valence-electron chi connectivity index (χ4n) is 5.29. The van der Waals surface area contributed by atoms with Crippen molar-refractivity contribution in [2.24, 2.45) is 11.8 Å². The summed E-state index contributed by atoms with van der Waals surface area (Å²) < 4.78 is 24.5. The molecule has 35 heavy (non-hydrogen) atoms. The predicted molar refractivity (Wildman–Crippen MR) is 136 cm³/mol. The van der Waals surface area contributed by atoms with Crippen LogP contribution in [-0.4, -0.2) is 47.7 Å². The first-order chi connectivity index (χ1) is 16.7. The van der Waals surface area contributed by atoms with Crippen LogP contribution in [0, 0.1) is 11.8 Å². The Labute approximate surface area is 209 Å². The number of rotatable bonds is 12. The lowest BCUT2D eigenvalue weighted by Crippen LogP contribution is -2.55. The van der Waals surface area contributed by atoms with Gasteiger partial charge in [0.25, 0.3) is 0 Å². The van der Waals surface area contributed by atoms with E-state index < -0.39 is 37.3 Å². The number of aliphatic hydroxyl groups is 1. The van der Waals surface area contributed by atoms with Gasteiger partial charge in [0, 0.05) is 12.1 Å². The lowest BCUT2D eigenvalue weighted by molar-refractivity contribution is -0.165. The third-order valence-electron chi connectivity index (χ3n) is 7.36. The average molecular weight is 508 g/mol. The summed E-state index contributed by atoms with van der Waals surface area (Å²) in [7, 11) is -3.55. The van der Waals surface area contributed by atoms with Crippen LogP contribution >= 0.6 is 7.37 Å². The van der Waals surface area contributed by atoms with E-state index in [4.69, 9.17) is 9.26 Å². The summed E-state index contributed by atoms with van der Waals surface area (Å²) in [6.45, 7) is 4.24. The Kier molecular flexibility index (Phi) is 10.5. The Morgan fingerprint density at radius 2 is 1.83 bits per heavy atom. The summed E-state index contributed by atoms with van der Waals surface area (Å²) in [6, 6.07) is 10.0. The molecular formula is C27H42NO6P. The maximum atomic E-state index is 13.6. The molecule has 196 valence electrons. The van der Waals surface area contributed by atoms with E-state index in [1.807, 2.05) is 30.3 Å². The van der Waals surface area contributed by atoms with Gasteiger partial charge in [-0.1, -0.05) is 63.4 Å². The molecule has 3 atom stereocenters. The second-order valence-corrected chi connectivity index (χ2v) is 13.1. The number of esters is 2. The zero-order valence-corrected chi connectivity index (χ0v) is 22.1.